The highest BCUT2D eigenvalue weighted by atomic mass is 15.2. The number of rotatable bonds is 4. The van der Waals surface area contributed by atoms with Gasteiger partial charge in [-0.05, 0) is 18.6 Å². The normalized spacial score (nSPS) is 10.7. The van der Waals surface area contributed by atoms with Gasteiger partial charge in [0.25, 0.3) is 0 Å². The summed E-state index contributed by atoms with van der Waals surface area (Å²) in [4.78, 5) is 4.05. The maximum atomic E-state index is 4.39. The zero-order valence-electron chi connectivity index (χ0n) is 11.4. The van der Waals surface area contributed by atoms with Crippen LogP contribution in [0.4, 0.5) is 5.82 Å². The van der Waals surface area contributed by atoms with Gasteiger partial charge in [-0.25, -0.2) is 0 Å². The van der Waals surface area contributed by atoms with E-state index >= 15 is 0 Å². The Labute approximate surface area is 117 Å². The molecule has 4 nitrogen and oxygen atoms in total. The second kappa shape index (κ2) is 5.65. The quantitative estimate of drug-likeness (QED) is 0.783. The molecule has 0 spiro atoms. The number of anilines is 1. The average Bonchev–Trinajstić information content (AvgIpc) is 2.53. The molecule has 1 aromatic carbocycles. The fraction of sp³-hybridized carbons (Fsp3) is 0.188. The van der Waals surface area contributed by atoms with Gasteiger partial charge in [-0.15, -0.1) is 10.2 Å². The molecule has 0 aliphatic rings. The van der Waals surface area contributed by atoms with Gasteiger partial charge in [0, 0.05) is 35.3 Å². The molecule has 4 heteroatoms. The molecule has 0 aliphatic heterocycles. The average molecular weight is 264 g/mol. The summed E-state index contributed by atoms with van der Waals surface area (Å²) in [5.41, 5.74) is 1.93. The monoisotopic (exact) mass is 264 g/mol. The largest absolute Gasteiger partial charge is 0.368 e. The van der Waals surface area contributed by atoms with Crippen molar-refractivity contribution in [1.82, 2.24) is 15.2 Å². The molecule has 0 fully saturated rings. The van der Waals surface area contributed by atoms with Gasteiger partial charge in [0.05, 0.1) is 0 Å². The van der Waals surface area contributed by atoms with E-state index in [9.17, 15) is 0 Å². The number of pyridine rings is 1. The smallest absolute Gasteiger partial charge is 0.156 e. The topological polar surface area (TPSA) is 50.7 Å². The molecular weight excluding hydrogens is 248 g/mol. The van der Waals surface area contributed by atoms with E-state index in [1.54, 1.807) is 12.4 Å². The number of fused-ring (bicyclic) bond motifs is 1. The zero-order chi connectivity index (χ0) is 13.8. The predicted octanol–water partition coefficient (Wildman–Crippen LogP) is 3.51. The van der Waals surface area contributed by atoms with Crippen molar-refractivity contribution in [2.45, 2.75) is 13.3 Å². The Morgan fingerprint density at radius 1 is 0.950 bits per heavy atom. The molecule has 2 aromatic heterocycles. The summed E-state index contributed by atoms with van der Waals surface area (Å²) < 4.78 is 0. The number of nitrogens with one attached hydrogen (secondary N) is 1. The van der Waals surface area contributed by atoms with Crippen LogP contribution in [0.15, 0.2) is 48.8 Å². The Balaban J connectivity index is 2.16. The maximum absolute atomic E-state index is 4.39. The maximum Gasteiger partial charge on any atom is 0.156 e. The first-order chi connectivity index (χ1) is 9.90. The molecule has 0 saturated heterocycles. The second-order valence-corrected chi connectivity index (χ2v) is 4.61. The fourth-order valence-electron chi connectivity index (χ4n) is 2.20. The lowest BCUT2D eigenvalue weighted by Gasteiger charge is -2.10. The minimum Gasteiger partial charge on any atom is -0.368 e. The summed E-state index contributed by atoms with van der Waals surface area (Å²) in [5, 5.41) is 14.3. The highest BCUT2D eigenvalue weighted by molar-refractivity contribution is 5.99. The molecule has 0 unspecified atom stereocenters. The molecular formula is C16H16N4. The minimum atomic E-state index is 0.847. The minimum absolute atomic E-state index is 0.847. The van der Waals surface area contributed by atoms with Crippen molar-refractivity contribution in [2.75, 3.05) is 11.9 Å². The lowest BCUT2D eigenvalue weighted by molar-refractivity contribution is 0.952. The fourth-order valence-corrected chi connectivity index (χ4v) is 2.20. The van der Waals surface area contributed by atoms with E-state index in [0.717, 1.165) is 40.8 Å². The first kappa shape index (κ1) is 12.5. The van der Waals surface area contributed by atoms with Crippen molar-refractivity contribution in [3.63, 3.8) is 0 Å². The highest BCUT2D eigenvalue weighted by Crippen LogP contribution is 2.29. The third-order valence-electron chi connectivity index (χ3n) is 3.18. The van der Waals surface area contributed by atoms with Crippen LogP contribution >= 0.6 is 0 Å². The van der Waals surface area contributed by atoms with Crippen molar-refractivity contribution in [3.05, 3.63) is 48.8 Å². The van der Waals surface area contributed by atoms with E-state index in [1.807, 2.05) is 24.3 Å². The van der Waals surface area contributed by atoms with Crippen molar-refractivity contribution in [3.8, 4) is 11.3 Å². The Kier molecular flexibility index (Phi) is 3.54. The molecule has 3 rings (SSSR count). The molecule has 0 radical (unpaired) electrons. The van der Waals surface area contributed by atoms with Crippen LogP contribution in [-0.2, 0) is 0 Å². The number of nitrogens with zero attached hydrogens (tertiary/aromatic N) is 3. The van der Waals surface area contributed by atoms with E-state index in [-0.39, 0.29) is 0 Å². The van der Waals surface area contributed by atoms with Crippen LogP contribution in [0, 0.1) is 0 Å². The van der Waals surface area contributed by atoms with Crippen LogP contribution in [0.3, 0.4) is 0 Å². The molecule has 0 saturated carbocycles. The molecule has 1 N–H and O–H groups in total. The van der Waals surface area contributed by atoms with Gasteiger partial charge < -0.3 is 5.32 Å². The van der Waals surface area contributed by atoms with Gasteiger partial charge in [-0.1, -0.05) is 31.2 Å². The van der Waals surface area contributed by atoms with E-state index < -0.39 is 0 Å². The zero-order valence-corrected chi connectivity index (χ0v) is 11.4. The molecule has 2 heterocycles. The van der Waals surface area contributed by atoms with Gasteiger partial charge in [-0.3, -0.25) is 4.98 Å². The molecule has 0 atom stereocenters. The summed E-state index contributed by atoms with van der Waals surface area (Å²) in [6, 6.07) is 12.1. The van der Waals surface area contributed by atoms with Crippen LogP contribution in [0.1, 0.15) is 13.3 Å². The van der Waals surface area contributed by atoms with E-state index in [1.165, 1.54) is 0 Å². The van der Waals surface area contributed by atoms with Crippen LogP contribution < -0.4 is 5.32 Å². The molecule has 3 aromatic rings. The predicted molar refractivity (Wildman–Crippen MR) is 81.5 cm³/mol. The van der Waals surface area contributed by atoms with Gasteiger partial charge in [0.2, 0.25) is 0 Å². The second-order valence-electron chi connectivity index (χ2n) is 4.61. The van der Waals surface area contributed by atoms with E-state index in [2.05, 4.69) is 39.6 Å². The lowest BCUT2D eigenvalue weighted by Crippen LogP contribution is -2.04. The molecule has 20 heavy (non-hydrogen) atoms. The van der Waals surface area contributed by atoms with Crippen LogP contribution in [0.5, 0.6) is 0 Å². The molecule has 100 valence electrons. The van der Waals surface area contributed by atoms with Crippen molar-refractivity contribution in [1.29, 1.82) is 0 Å². The van der Waals surface area contributed by atoms with Crippen molar-refractivity contribution in [2.24, 2.45) is 0 Å². The summed E-state index contributed by atoms with van der Waals surface area (Å²) >= 11 is 0. The van der Waals surface area contributed by atoms with Gasteiger partial charge in [0.1, 0.15) is 5.69 Å². The summed E-state index contributed by atoms with van der Waals surface area (Å²) in [7, 11) is 0. The molecule has 0 aliphatic carbocycles. The van der Waals surface area contributed by atoms with E-state index in [4.69, 9.17) is 0 Å². The third kappa shape index (κ3) is 2.32. The lowest BCUT2D eigenvalue weighted by atomic mass is 10.1. The van der Waals surface area contributed by atoms with Crippen LogP contribution in [0.25, 0.3) is 22.0 Å². The third-order valence-corrected chi connectivity index (χ3v) is 3.18. The van der Waals surface area contributed by atoms with Crippen molar-refractivity contribution >= 4 is 16.6 Å². The Hall–Kier alpha value is -2.49. The van der Waals surface area contributed by atoms with E-state index in [0.29, 0.717) is 0 Å². The summed E-state index contributed by atoms with van der Waals surface area (Å²) in [6.45, 7) is 3.03. The SMILES string of the molecule is CCCNc1nnc(-c2ccncc2)c2ccccc12. The Morgan fingerprint density at radius 2 is 1.70 bits per heavy atom. The van der Waals surface area contributed by atoms with Crippen molar-refractivity contribution < 1.29 is 0 Å². The van der Waals surface area contributed by atoms with Crippen LogP contribution in [0.2, 0.25) is 0 Å². The highest BCUT2D eigenvalue weighted by Gasteiger charge is 2.09. The van der Waals surface area contributed by atoms with Crippen LogP contribution in [-0.4, -0.2) is 21.7 Å². The van der Waals surface area contributed by atoms with Gasteiger partial charge in [-0.2, -0.15) is 0 Å². The number of hydrogen-bond donors (Lipinski definition) is 1. The first-order valence-electron chi connectivity index (χ1n) is 6.80. The standard InChI is InChI=1S/C16H16N4/c1-2-9-18-16-14-6-4-3-5-13(14)15(19-20-16)12-7-10-17-11-8-12/h3-8,10-11H,2,9H2,1H3,(H,18,20). The number of hydrogen-bond acceptors (Lipinski definition) is 4. The van der Waals surface area contributed by atoms with Gasteiger partial charge in [0.15, 0.2) is 5.82 Å². The number of benzene rings is 1. The molecule has 0 bridgehead atoms. The Morgan fingerprint density at radius 3 is 2.45 bits per heavy atom. The summed E-state index contributed by atoms with van der Waals surface area (Å²) in [6.07, 6.45) is 4.60. The summed E-state index contributed by atoms with van der Waals surface area (Å²) in [5.74, 6) is 0.847. The molecule has 0 amide bonds. The Bertz CT molecular complexity index is 710. The first-order valence-corrected chi connectivity index (χ1v) is 6.80. The number of aromatic nitrogens is 3. The van der Waals surface area contributed by atoms with Gasteiger partial charge >= 0.3 is 0 Å².